The second-order valence-electron chi connectivity index (χ2n) is 23.2. The fraction of sp³-hybridized carbons (Fsp3) is 0.508. The Labute approximate surface area is 434 Å². The minimum atomic E-state index is -0.748. The fourth-order valence-electron chi connectivity index (χ4n) is 14.7. The van der Waals surface area contributed by atoms with E-state index in [1.807, 2.05) is 11.7 Å². The topological polar surface area (TPSA) is 168 Å². The van der Waals surface area contributed by atoms with Crippen molar-refractivity contribution in [3.63, 3.8) is 0 Å². The summed E-state index contributed by atoms with van der Waals surface area (Å²) in [6.07, 6.45) is 21.7. The number of anilines is 1. The number of imide groups is 1. The number of carbonyl (C=O) groups is 3. The molecule has 1 spiro atoms. The Morgan fingerprint density at radius 1 is 0.933 bits per heavy atom. The third kappa shape index (κ3) is 8.77. The molecule has 5 unspecified atom stereocenters. The van der Waals surface area contributed by atoms with Crippen molar-refractivity contribution in [2.45, 2.75) is 139 Å². The van der Waals surface area contributed by atoms with E-state index in [1.54, 1.807) is 6.20 Å². The van der Waals surface area contributed by atoms with E-state index in [1.165, 1.54) is 42.7 Å². The number of likely N-dealkylation sites (tertiary alicyclic amines) is 1. The molecule has 6 aromatic rings. The van der Waals surface area contributed by atoms with Gasteiger partial charge in [0.2, 0.25) is 11.8 Å². The van der Waals surface area contributed by atoms with E-state index in [9.17, 15) is 19.5 Å². The summed E-state index contributed by atoms with van der Waals surface area (Å²) in [4.78, 5) is 57.5. The summed E-state index contributed by atoms with van der Waals surface area (Å²) in [7, 11) is 1.93. The summed E-state index contributed by atoms with van der Waals surface area (Å²) < 4.78 is 40.7. The van der Waals surface area contributed by atoms with Gasteiger partial charge in [-0.25, -0.2) is 8.78 Å². The number of Topliss-reactive ketones (excluding diaryl/α,β-unsaturated/α-hetero) is 1. The fourth-order valence-corrected chi connectivity index (χ4v) is 14.7. The molecule has 3 aromatic heterocycles. The Kier molecular flexibility index (Phi) is 12.1. The van der Waals surface area contributed by atoms with Crippen LogP contribution in [0.25, 0.3) is 43.8 Å². The zero-order valence-electron chi connectivity index (χ0n) is 42.4. The minimum Gasteiger partial charge on any atom is -0.508 e. The number of ketones is 1. The van der Waals surface area contributed by atoms with Crippen molar-refractivity contribution in [2.75, 3.05) is 31.1 Å². The molecule has 4 saturated heterocycles. The van der Waals surface area contributed by atoms with Crippen LogP contribution in [0.3, 0.4) is 0 Å². The summed E-state index contributed by atoms with van der Waals surface area (Å²) in [6.45, 7) is 3.55. The lowest BCUT2D eigenvalue weighted by Gasteiger charge is -2.56. The number of nitrogens with zero attached hydrogens (tertiary/aromatic N) is 7. The molecule has 3 aliphatic carbocycles. The lowest BCUT2D eigenvalue weighted by Crippen LogP contribution is -2.54. The van der Waals surface area contributed by atoms with Crippen molar-refractivity contribution < 1.29 is 33.0 Å². The molecule has 75 heavy (non-hydrogen) atoms. The SMILES string of the molecule is C#Cc1c(F)ccc2cc(O)cc(-c3ncc4c(N5CC6CCC(C5)N6)nc(OC5CCC(CC(=O)C6CCC7(CC6)CC(N6CCC(c8ccc9c(C%10CCC(=O)NC%10=O)nn(C)c9c8)CC6)C7)C5)nc4c3F)c12. The van der Waals surface area contributed by atoms with Gasteiger partial charge in [-0.1, -0.05) is 24.1 Å². The van der Waals surface area contributed by atoms with E-state index in [-0.39, 0.29) is 81.3 Å². The predicted octanol–water partition coefficient (Wildman–Crippen LogP) is 8.88. The van der Waals surface area contributed by atoms with Gasteiger partial charge in [0.05, 0.1) is 28.1 Å². The van der Waals surface area contributed by atoms with Crippen LogP contribution in [-0.2, 0) is 21.4 Å². The molecule has 0 radical (unpaired) electrons. The molecule has 3 N–H and O–H groups in total. The molecule has 4 aliphatic heterocycles. The molecular formula is C59H63F2N9O5. The van der Waals surface area contributed by atoms with E-state index in [0.29, 0.717) is 78.5 Å². The number of ether oxygens (including phenoxy) is 1. The first-order chi connectivity index (χ1) is 36.4. The van der Waals surface area contributed by atoms with E-state index < -0.39 is 17.6 Å². The van der Waals surface area contributed by atoms with Crippen LogP contribution in [0.5, 0.6) is 11.8 Å². The number of piperidine rings is 2. The average Bonchev–Trinajstić information content (AvgIpc) is 4.11. The molecule has 388 valence electrons. The summed E-state index contributed by atoms with van der Waals surface area (Å²) in [5.41, 5.74) is 3.47. The van der Waals surface area contributed by atoms with Gasteiger partial charge in [0, 0.05) is 79.6 Å². The first-order valence-corrected chi connectivity index (χ1v) is 27.4. The van der Waals surface area contributed by atoms with Crippen LogP contribution in [0.15, 0.2) is 48.7 Å². The molecule has 3 saturated carbocycles. The monoisotopic (exact) mass is 1020 g/mol. The Morgan fingerprint density at radius 2 is 1.72 bits per heavy atom. The van der Waals surface area contributed by atoms with Crippen molar-refractivity contribution >= 4 is 56.0 Å². The third-order valence-corrected chi connectivity index (χ3v) is 18.7. The number of benzene rings is 3. The van der Waals surface area contributed by atoms with Gasteiger partial charge in [-0.2, -0.15) is 15.1 Å². The number of aromatic hydroxyl groups is 1. The van der Waals surface area contributed by atoms with Gasteiger partial charge in [0.1, 0.15) is 40.5 Å². The number of piperazine rings is 1. The normalized spacial score (nSPS) is 28.3. The summed E-state index contributed by atoms with van der Waals surface area (Å²) in [5.74, 6) is 1.70. The Morgan fingerprint density at radius 3 is 2.48 bits per heavy atom. The maximum atomic E-state index is 17.2. The van der Waals surface area contributed by atoms with E-state index in [2.05, 4.69) is 49.5 Å². The van der Waals surface area contributed by atoms with Crippen LogP contribution in [0, 0.1) is 41.2 Å². The molecule has 16 heteroatoms. The number of amides is 2. The number of hydrogen-bond acceptors (Lipinski definition) is 12. The van der Waals surface area contributed by atoms with Crippen LogP contribution in [0.4, 0.5) is 14.6 Å². The smallest absolute Gasteiger partial charge is 0.319 e. The van der Waals surface area contributed by atoms with Gasteiger partial charge in [-0.15, -0.1) is 6.42 Å². The van der Waals surface area contributed by atoms with Gasteiger partial charge >= 0.3 is 6.01 Å². The van der Waals surface area contributed by atoms with Crippen LogP contribution >= 0.6 is 0 Å². The van der Waals surface area contributed by atoms with Crippen molar-refractivity contribution in [3.05, 3.63) is 77.1 Å². The van der Waals surface area contributed by atoms with Gasteiger partial charge in [0.15, 0.2) is 5.82 Å². The number of hydrogen-bond donors (Lipinski definition) is 3. The van der Waals surface area contributed by atoms with Crippen molar-refractivity contribution in [1.82, 2.24) is 40.3 Å². The third-order valence-electron chi connectivity index (χ3n) is 18.7. The number of fused-ring (bicyclic) bond motifs is 5. The molecule has 7 fully saturated rings. The Hall–Kier alpha value is -6.57. The zero-order chi connectivity index (χ0) is 51.3. The molecular weight excluding hydrogens is 953 g/mol. The average molecular weight is 1020 g/mol. The molecule has 2 bridgehead atoms. The molecule has 13 rings (SSSR count). The van der Waals surface area contributed by atoms with Crippen molar-refractivity contribution in [1.29, 1.82) is 0 Å². The van der Waals surface area contributed by atoms with Gasteiger partial charge in [-0.05, 0) is 155 Å². The summed E-state index contributed by atoms with van der Waals surface area (Å²) >= 11 is 0. The second kappa shape index (κ2) is 18.9. The maximum Gasteiger partial charge on any atom is 0.319 e. The maximum absolute atomic E-state index is 17.2. The highest BCUT2D eigenvalue weighted by Gasteiger charge is 2.49. The molecule has 2 amide bonds. The minimum absolute atomic E-state index is 0.0176. The number of terminal acetylenes is 1. The van der Waals surface area contributed by atoms with Gasteiger partial charge < -0.3 is 25.0 Å². The highest BCUT2D eigenvalue weighted by molar-refractivity contribution is 6.04. The number of pyridine rings is 1. The number of aromatic nitrogens is 5. The predicted molar refractivity (Wildman–Crippen MR) is 280 cm³/mol. The quantitative estimate of drug-likeness (QED) is 0.0883. The van der Waals surface area contributed by atoms with Crippen molar-refractivity contribution in [2.24, 2.45) is 24.3 Å². The highest BCUT2D eigenvalue weighted by Crippen LogP contribution is 2.55. The zero-order valence-corrected chi connectivity index (χ0v) is 42.4. The van der Waals surface area contributed by atoms with E-state index in [0.717, 1.165) is 93.9 Å². The summed E-state index contributed by atoms with van der Waals surface area (Å²) in [6, 6.07) is 13.4. The van der Waals surface area contributed by atoms with Crippen LogP contribution in [-0.4, -0.2) is 103 Å². The van der Waals surface area contributed by atoms with E-state index in [4.69, 9.17) is 26.2 Å². The Bertz CT molecular complexity index is 3340. The van der Waals surface area contributed by atoms with Crippen LogP contribution < -0.4 is 20.3 Å². The Balaban J connectivity index is 0.627. The van der Waals surface area contributed by atoms with Gasteiger partial charge in [0.25, 0.3) is 0 Å². The number of carbonyl (C=O) groups excluding carboxylic acids is 3. The van der Waals surface area contributed by atoms with Crippen molar-refractivity contribution in [3.8, 4) is 35.4 Å². The lowest BCUT2D eigenvalue weighted by molar-refractivity contribution is -0.134. The number of nitrogens with one attached hydrogen (secondary N) is 2. The first kappa shape index (κ1) is 48.1. The lowest BCUT2D eigenvalue weighted by atomic mass is 9.56. The highest BCUT2D eigenvalue weighted by atomic mass is 19.1. The molecule has 7 aliphatic rings. The number of phenolic OH excluding ortho intramolecular Hbond substituents is 1. The number of halogens is 2. The standard InChI is InChI=1S/C59H63F2N9O5/c1-3-42-47(60)12-6-36-24-40(71)26-45(51(36)42)54-52(61)55-46(29-62-54)56(70-30-37-7-8-38(31-70)63-37)66-58(65-55)75-41-9-4-32(22-41)23-49(72)34-14-18-59(19-15-34)27-39(28-59)69-20-16-33(17-21-69)35-5-10-43-48(25-35)68(2)67-53(43)44-11-13-50(73)64-57(44)74/h1,5-6,10,12,24-26,29,32-34,37-39,41,44,63,71H,4,7-9,11,13-23,27-28,30-31H2,2H3,(H,64,73,74). The number of aryl methyl sites for hydroxylation is 1. The van der Waals surface area contributed by atoms with Crippen LogP contribution in [0.1, 0.15) is 131 Å². The van der Waals surface area contributed by atoms with Crippen LogP contribution in [0.2, 0.25) is 0 Å². The first-order valence-electron chi connectivity index (χ1n) is 27.4. The molecule has 7 heterocycles. The second-order valence-corrected chi connectivity index (χ2v) is 23.2. The molecule has 3 aromatic carbocycles. The number of rotatable bonds is 10. The van der Waals surface area contributed by atoms with E-state index >= 15 is 8.78 Å². The molecule has 5 atom stereocenters. The molecule has 14 nitrogen and oxygen atoms in total. The summed E-state index contributed by atoms with van der Waals surface area (Å²) in [5, 5.41) is 23.7. The van der Waals surface area contributed by atoms with Gasteiger partial charge in [-0.3, -0.25) is 29.4 Å². The number of phenols is 1. The largest absolute Gasteiger partial charge is 0.508 e.